The van der Waals surface area contributed by atoms with E-state index in [0.29, 0.717) is 6.42 Å². The monoisotopic (exact) mass is 178 g/mol. The Balaban J connectivity index is 2.88. The summed E-state index contributed by atoms with van der Waals surface area (Å²) in [6.45, 7) is 0. The molecule has 2 nitrogen and oxygen atoms in total. The van der Waals surface area contributed by atoms with Crippen LogP contribution in [0.15, 0.2) is 29.2 Å². The summed E-state index contributed by atoms with van der Waals surface area (Å²) in [5, 5.41) is 8.43. The van der Waals surface area contributed by atoms with Gasteiger partial charge in [-0.1, -0.05) is 18.2 Å². The smallest absolute Gasteiger partial charge is 0.0641 e. The van der Waals surface area contributed by atoms with Gasteiger partial charge in [0.05, 0.1) is 12.5 Å². The molecule has 0 radical (unpaired) electrons. The molecule has 12 heavy (non-hydrogen) atoms. The molecule has 0 heterocycles. The largest absolute Gasteiger partial charge is 0.323 e. The molecule has 0 unspecified atom stereocenters. The molecule has 62 valence electrons. The third-order valence-corrected chi connectivity index (χ3v) is 2.05. The molecule has 0 aliphatic heterocycles. The van der Waals surface area contributed by atoms with Gasteiger partial charge in [-0.2, -0.15) is 5.26 Å². The number of rotatable bonds is 2. The zero-order valence-corrected chi connectivity index (χ0v) is 7.46. The van der Waals surface area contributed by atoms with E-state index in [0.717, 1.165) is 10.5 Å². The summed E-state index contributed by atoms with van der Waals surface area (Å²) >= 11 is 4.24. The standard InChI is InChI=1S/C9H10N2S/c10-6-5-8(11)7-3-1-2-4-9(7)12/h1-4,8,12H,5,11H2/t8-/m1/s1. The van der Waals surface area contributed by atoms with Gasteiger partial charge < -0.3 is 5.73 Å². The molecule has 1 aromatic carbocycles. The summed E-state index contributed by atoms with van der Waals surface area (Å²) < 4.78 is 0. The minimum atomic E-state index is -0.219. The van der Waals surface area contributed by atoms with Gasteiger partial charge in [-0.3, -0.25) is 0 Å². The Hall–Kier alpha value is -0.980. The van der Waals surface area contributed by atoms with Crippen LogP contribution < -0.4 is 5.73 Å². The number of nitrogens with zero attached hydrogens (tertiary/aromatic N) is 1. The second-order valence-corrected chi connectivity index (χ2v) is 3.01. The number of benzene rings is 1. The lowest BCUT2D eigenvalue weighted by molar-refractivity contribution is 0.733. The van der Waals surface area contributed by atoms with Gasteiger partial charge in [0.15, 0.2) is 0 Å². The number of nitrogens with two attached hydrogens (primary N) is 1. The van der Waals surface area contributed by atoms with Crippen LogP contribution in [0.2, 0.25) is 0 Å². The van der Waals surface area contributed by atoms with Crippen molar-refractivity contribution in [3.05, 3.63) is 29.8 Å². The summed E-state index contributed by atoms with van der Waals surface area (Å²) in [6.07, 6.45) is 0.331. The van der Waals surface area contributed by atoms with Crippen LogP contribution >= 0.6 is 12.6 Å². The fourth-order valence-electron chi connectivity index (χ4n) is 1.01. The highest BCUT2D eigenvalue weighted by Crippen LogP contribution is 2.20. The highest BCUT2D eigenvalue weighted by molar-refractivity contribution is 7.80. The molecule has 0 aliphatic rings. The van der Waals surface area contributed by atoms with Crippen molar-refractivity contribution in [2.45, 2.75) is 17.4 Å². The van der Waals surface area contributed by atoms with Crippen molar-refractivity contribution in [1.82, 2.24) is 0 Å². The van der Waals surface area contributed by atoms with E-state index in [4.69, 9.17) is 11.0 Å². The third-order valence-electron chi connectivity index (χ3n) is 1.65. The van der Waals surface area contributed by atoms with E-state index in [1.165, 1.54) is 0 Å². The molecule has 0 fully saturated rings. The Kier molecular flexibility index (Phi) is 3.15. The number of hydrogen-bond acceptors (Lipinski definition) is 3. The van der Waals surface area contributed by atoms with Crippen LogP contribution in [0.25, 0.3) is 0 Å². The van der Waals surface area contributed by atoms with Gasteiger partial charge >= 0.3 is 0 Å². The quantitative estimate of drug-likeness (QED) is 0.679. The summed E-state index contributed by atoms with van der Waals surface area (Å²) in [5.74, 6) is 0. The summed E-state index contributed by atoms with van der Waals surface area (Å²) in [5.41, 5.74) is 6.67. The zero-order chi connectivity index (χ0) is 8.97. The lowest BCUT2D eigenvalue weighted by Gasteiger charge is -2.09. The van der Waals surface area contributed by atoms with Crippen LogP contribution in [0.5, 0.6) is 0 Å². The van der Waals surface area contributed by atoms with E-state index < -0.39 is 0 Å². The third kappa shape index (κ3) is 2.00. The van der Waals surface area contributed by atoms with E-state index in [2.05, 4.69) is 12.6 Å². The number of hydrogen-bond donors (Lipinski definition) is 2. The molecule has 0 aromatic heterocycles. The first-order valence-electron chi connectivity index (χ1n) is 3.66. The molecule has 0 saturated heterocycles. The van der Waals surface area contributed by atoms with Crippen LogP contribution in [0.4, 0.5) is 0 Å². The molecule has 0 spiro atoms. The molecule has 0 amide bonds. The Bertz CT molecular complexity index is 304. The average molecular weight is 178 g/mol. The molecular formula is C9H10N2S. The maximum absolute atomic E-state index is 8.43. The van der Waals surface area contributed by atoms with E-state index >= 15 is 0 Å². The van der Waals surface area contributed by atoms with E-state index in [9.17, 15) is 0 Å². The van der Waals surface area contributed by atoms with Crippen molar-refractivity contribution in [3.63, 3.8) is 0 Å². The highest BCUT2D eigenvalue weighted by atomic mass is 32.1. The fourth-order valence-corrected chi connectivity index (χ4v) is 1.34. The first kappa shape index (κ1) is 9.11. The minimum absolute atomic E-state index is 0.219. The van der Waals surface area contributed by atoms with Gasteiger partial charge in [0.25, 0.3) is 0 Å². The molecule has 0 saturated carbocycles. The molecule has 0 aliphatic carbocycles. The first-order valence-corrected chi connectivity index (χ1v) is 4.11. The lowest BCUT2D eigenvalue weighted by atomic mass is 10.1. The molecule has 1 aromatic rings. The van der Waals surface area contributed by atoms with Crippen LogP contribution in [-0.2, 0) is 0 Å². The predicted octanol–water partition coefficient (Wildman–Crippen LogP) is 1.89. The second-order valence-electron chi connectivity index (χ2n) is 2.53. The summed E-state index contributed by atoms with van der Waals surface area (Å²) in [6, 6.07) is 9.37. The molecular weight excluding hydrogens is 168 g/mol. The predicted molar refractivity (Wildman–Crippen MR) is 50.9 cm³/mol. The minimum Gasteiger partial charge on any atom is -0.323 e. The van der Waals surface area contributed by atoms with Crippen molar-refractivity contribution in [3.8, 4) is 6.07 Å². The Morgan fingerprint density at radius 3 is 2.75 bits per heavy atom. The average Bonchev–Trinajstić information content (AvgIpc) is 2.05. The van der Waals surface area contributed by atoms with Crippen molar-refractivity contribution in [2.24, 2.45) is 5.73 Å². The highest BCUT2D eigenvalue weighted by Gasteiger charge is 2.06. The molecule has 2 N–H and O–H groups in total. The van der Waals surface area contributed by atoms with Crippen LogP contribution in [0.3, 0.4) is 0 Å². The Labute approximate surface area is 77.4 Å². The van der Waals surface area contributed by atoms with Crippen LogP contribution in [0, 0.1) is 11.3 Å². The van der Waals surface area contributed by atoms with Crippen LogP contribution in [-0.4, -0.2) is 0 Å². The normalized spacial score (nSPS) is 12.1. The Morgan fingerprint density at radius 2 is 2.17 bits per heavy atom. The maximum Gasteiger partial charge on any atom is 0.0641 e. The first-order chi connectivity index (χ1) is 5.75. The van der Waals surface area contributed by atoms with Gasteiger partial charge in [-0.15, -0.1) is 12.6 Å². The molecule has 3 heteroatoms. The van der Waals surface area contributed by atoms with Gasteiger partial charge in [-0.25, -0.2) is 0 Å². The van der Waals surface area contributed by atoms with Crippen LogP contribution in [0.1, 0.15) is 18.0 Å². The SMILES string of the molecule is N#CC[C@@H](N)c1ccccc1S. The molecule has 0 bridgehead atoms. The lowest BCUT2D eigenvalue weighted by Crippen LogP contribution is -2.09. The number of nitriles is 1. The van der Waals surface area contributed by atoms with Crippen molar-refractivity contribution in [1.29, 1.82) is 5.26 Å². The molecule has 1 atom stereocenters. The molecule has 1 rings (SSSR count). The van der Waals surface area contributed by atoms with E-state index in [1.54, 1.807) is 0 Å². The van der Waals surface area contributed by atoms with Gasteiger partial charge in [-0.05, 0) is 11.6 Å². The van der Waals surface area contributed by atoms with Gasteiger partial charge in [0, 0.05) is 10.9 Å². The van der Waals surface area contributed by atoms with E-state index in [-0.39, 0.29) is 6.04 Å². The van der Waals surface area contributed by atoms with Crippen molar-refractivity contribution in [2.75, 3.05) is 0 Å². The maximum atomic E-state index is 8.43. The summed E-state index contributed by atoms with van der Waals surface area (Å²) in [7, 11) is 0. The Morgan fingerprint density at radius 1 is 1.50 bits per heavy atom. The van der Waals surface area contributed by atoms with Crippen molar-refractivity contribution >= 4 is 12.6 Å². The zero-order valence-electron chi connectivity index (χ0n) is 6.57. The topological polar surface area (TPSA) is 49.8 Å². The summed E-state index contributed by atoms with van der Waals surface area (Å²) in [4.78, 5) is 0.847. The van der Waals surface area contributed by atoms with Gasteiger partial charge in [0.2, 0.25) is 0 Å². The second kappa shape index (κ2) is 4.15. The van der Waals surface area contributed by atoms with Gasteiger partial charge in [0.1, 0.15) is 0 Å². The van der Waals surface area contributed by atoms with E-state index in [1.807, 2.05) is 30.3 Å². The number of thiol groups is 1. The van der Waals surface area contributed by atoms with Crippen molar-refractivity contribution < 1.29 is 0 Å². The fraction of sp³-hybridized carbons (Fsp3) is 0.222.